The summed E-state index contributed by atoms with van der Waals surface area (Å²) in [5, 5.41) is 9.54. The van der Waals surface area contributed by atoms with Gasteiger partial charge in [0.1, 0.15) is 0 Å². The lowest BCUT2D eigenvalue weighted by molar-refractivity contribution is -0.139. The zero-order chi connectivity index (χ0) is 14.8. The monoisotopic (exact) mass is 287 g/mol. The Bertz CT molecular complexity index is 520. The number of likely N-dealkylation sites (tertiary alicyclic amines) is 1. The van der Waals surface area contributed by atoms with E-state index in [-0.39, 0.29) is 30.3 Å². The van der Waals surface area contributed by atoms with Crippen LogP contribution in [0.25, 0.3) is 0 Å². The smallest absolute Gasteiger partial charge is 0.237 e. The Hall–Kier alpha value is -1.68. The zero-order valence-electron chi connectivity index (χ0n) is 12.1. The second-order valence-corrected chi connectivity index (χ2v) is 6.18. The largest absolute Gasteiger partial charge is 0.393 e. The molecule has 1 aromatic rings. The first-order chi connectivity index (χ1) is 10.1. The molecule has 1 unspecified atom stereocenters. The first-order valence-corrected chi connectivity index (χ1v) is 7.72. The molecule has 112 valence electrons. The number of rotatable bonds is 3. The molecule has 3 rings (SSSR count). The van der Waals surface area contributed by atoms with E-state index in [2.05, 4.69) is 0 Å². The molecular weight excluding hydrogens is 266 g/mol. The maximum atomic E-state index is 12.5. The van der Waals surface area contributed by atoms with Gasteiger partial charge in [-0.3, -0.25) is 14.5 Å². The molecule has 1 N–H and O–H groups in total. The van der Waals surface area contributed by atoms with Crippen molar-refractivity contribution < 1.29 is 14.7 Å². The lowest BCUT2D eigenvalue weighted by Gasteiger charge is -2.28. The molecule has 2 fully saturated rings. The summed E-state index contributed by atoms with van der Waals surface area (Å²) in [7, 11) is 0. The summed E-state index contributed by atoms with van der Waals surface area (Å²) in [6, 6.07) is 9.54. The van der Waals surface area contributed by atoms with Gasteiger partial charge >= 0.3 is 0 Å². The fourth-order valence-electron chi connectivity index (χ4n) is 3.41. The number of aliphatic hydroxyl groups is 1. The van der Waals surface area contributed by atoms with Crippen molar-refractivity contribution >= 4 is 11.8 Å². The molecule has 0 radical (unpaired) electrons. The number of imide groups is 1. The van der Waals surface area contributed by atoms with E-state index in [1.54, 1.807) is 0 Å². The fourth-order valence-corrected chi connectivity index (χ4v) is 3.41. The third-order valence-corrected chi connectivity index (χ3v) is 4.70. The summed E-state index contributed by atoms with van der Waals surface area (Å²) < 4.78 is 0. The molecule has 1 aliphatic heterocycles. The normalized spacial score (nSPS) is 30.0. The van der Waals surface area contributed by atoms with Crippen LogP contribution < -0.4 is 0 Å². The van der Waals surface area contributed by atoms with Gasteiger partial charge in [-0.2, -0.15) is 0 Å². The van der Waals surface area contributed by atoms with Gasteiger partial charge in [0.25, 0.3) is 0 Å². The second kappa shape index (κ2) is 5.98. The van der Waals surface area contributed by atoms with Crippen LogP contribution in [0.3, 0.4) is 0 Å². The van der Waals surface area contributed by atoms with Gasteiger partial charge in [0.2, 0.25) is 11.8 Å². The SMILES string of the molecule is O=C1CC(c2ccccc2)C(=O)N1CC1CCC(O)CC1. The second-order valence-electron chi connectivity index (χ2n) is 6.18. The Balaban J connectivity index is 1.67. The number of carbonyl (C=O) groups is 2. The van der Waals surface area contributed by atoms with E-state index in [1.807, 2.05) is 30.3 Å². The predicted octanol–water partition coefficient (Wildman–Crippen LogP) is 2.08. The molecule has 0 spiro atoms. The van der Waals surface area contributed by atoms with Gasteiger partial charge in [-0.25, -0.2) is 0 Å². The van der Waals surface area contributed by atoms with Gasteiger partial charge in [0, 0.05) is 13.0 Å². The average Bonchev–Trinajstić information content (AvgIpc) is 2.78. The van der Waals surface area contributed by atoms with Gasteiger partial charge in [-0.1, -0.05) is 30.3 Å². The maximum absolute atomic E-state index is 12.5. The van der Waals surface area contributed by atoms with Crippen molar-refractivity contribution in [1.29, 1.82) is 0 Å². The van der Waals surface area contributed by atoms with Crippen molar-refractivity contribution in [3.63, 3.8) is 0 Å². The molecule has 1 saturated heterocycles. The molecule has 21 heavy (non-hydrogen) atoms. The van der Waals surface area contributed by atoms with Crippen LogP contribution in [0.15, 0.2) is 30.3 Å². The molecular formula is C17H21NO3. The highest BCUT2D eigenvalue weighted by atomic mass is 16.3. The summed E-state index contributed by atoms with van der Waals surface area (Å²) in [6.45, 7) is 0.522. The number of amides is 2. The zero-order valence-corrected chi connectivity index (χ0v) is 12.1. The van der Waals surface area contributed by atoms with Crippen molar-refractivity contribution in [3.8, 4) is 0 Å². The van der Waals surface area contributed by atoms with E-state index in [0.29, 0.717) is 12.5 Å². The minimum absolute atomic E-state index is 0.0556. The predicted molar refractivity (Wildman–Crippen MR) is 78.5 cm³/mol. The van der Waals surface area contributed by atoms with Crippen LogP contribution in [0.5, 0.6) is 0 Å². The van der Waals surface area contributed by atoms with Crippen LogP contribution in [-0.4, -0.2) is 34.5 Å². The molecule has 1 heterocycles. The highest BCUT2D eigenvalue weighted by molar-refractivity contribution is 6.06. The maximum Gasteiger partial charge on any atom is 0.237 e. The Morgan fingerprint density at radius 2 is 1.71 bits per heavy atom. The Morgan fingerprint density at radius 1 is 1.05 bits per heavy atom. The summed E-state index contributed by atoms with van der Waals surface area (Å²) in [6.07, 6.45) is 3.44. The van der Waals surface area contributed by atoms with Crippen molar-refractivity contribution in [2.24, 2.45) is 5.92 Å². The van der Waals surface area contributed by atoms with Crippen molar-refractivity contribution in [2.45, 2.75) is 44.1 Å². The lowest BCUT2D eigenvalue weighted by Crippen LogP contribution is -2.36. The number of nitrogens with zero attached hydrogens (tertiary/aromatic N) is 1. The summed E-state index contributed by atoms with van der Waals surface area (Å²) in [5.74, 6) is -0.0824. The standard InChI is InChI=1S/C17H21NO3/c19-14-8-6-12(7-9-14)11-18-16(20)10-15(17(18)21)13-4-2-1-3-5-13/h1-5,12,14-15,19H,6-11H2. The summed E-state index contributed by atoms with van der Waals surface area (Å²) in [4.78, 5) is 26.1. The minimum Gasteiger partial charge on any atom is -0.393 e. The van der Waals surface area contributed by atoms with Crippen LogP contribution in [0.2, 0.25) is 0 Å². The first-order valence-electron chi connectivity index (χ1n) is 7.72. The third kappa shape index (κ3) is 3.00. The molecule has 1 saturated carbocycles. The van der Waals surface area contributed by atoms with E-state index in [9.17, 15) is 14.7 Å². The summed E-state index contributed by atoms with van der Waals surface area (Å²) >= 11 is 0. The van der Waals surface area contributed by atoms with Gasteiger partial charge in [-0.05, 0) is 37.2 Å². The third-order valence-electron chi connectivity index (χ3n) is 4.70. The topological polar surface area (TPSA) is 57.6 Å². The Morgan fingerprint density at radius 3 is 2.38 bits per heavy atom. The van der Waals surface area contributed by atoms with Crippen molar-refractivity contribution in [1.82, 2.24) is 4.90 Å². The van der Waals surface area contributed by atoms with E-state index in [1.165, 1.54) is 4.90 Å². The molecule has 1 atom stereocenters. The molecule has 2 aliphatic rings. The molecule has 4 heteroatoms. The highest BCUT2D eigenvalue weighted by Crippen LogP contribution is 2.32. The van der Waals surface area contributed by atoms with Crippen molar-refractivity contribution in [3.05, 3.63) is 35.9 Å². The van der Waals surface area contributed by atoms with Gasteiger partial charge < -0.3 is 5.11 Å². The molecule has 4 nitrogen and oxygen atoms in total. The average molecular weight is 287 g/mol. The Labute approximate surface area is 124 Å². The van der Waals surface area contributed by atoms with Crippen LogP contribution in [0, 0.1) is 5.92 Å². The van der Waals surface area contributed by atoms with E-state index in [0.717, 1.165) is 31.2 Å². The number of hydrogen-bond acceptors (Lipinski definition) is 3. The molecule has 0 aromatic heterocycles. The van der Waals surface area contributed by atoms with E-state index in [4.69, 9.17) is 0 Å². The minimum atomic E-state index is -0.312. The first kappa shape index (κ1) is 14.3. The molecule has 0 bridgehead atoms. The van der Waals surface area contributed by atoms with Gasteiger partial charge in [0.05, 0.1) is 12.0 Å². The van der Waals surface area contributed by atoms with E-state index >= 15 is 0 Å². The van der Waals surface area contributed by atoms with Crippen LogP contribution >= 0.6 is 0 Å². The lowest BCUT2D eigenvalue weighted by atomic mass is 9.87. The van der Waals surface area contributed by atoms with E-state index < -0.39 is 0 Å². The number of hydrogen-bond donors (Lipinski definition) is 1. The highest BCUT2D eigenvalue weighted by Gasteiger charge is 2.40. The Kier molecular flexibility index (Phi) is 4.06. The van der Waals surface area contributed by atoms with Gasteiger partial charge in [0.15, 0.2) is 0 Å². The number of benzene rings is 1. The van der Waals surface area contributed by atoms with Crippen LogP contribution in [-0.2, 0) is 9.59 Å². The van der Waals surface area contributed by atoms with Crippen molar-refractivity contribution in [2.75, 3.05) is 6.54 Å². The van der Waals surface area contributed by atoms with Crippen LogP contribution in [0.1, 0.15) is 43.6 Å². The fraction of sp³-hybridized carbons (Fsp3) is 0.529. The quantitative estimate of drug-likeness (QED) is 0.866. The number of carbonyl (C=O) groups excluding carboxylic acids is 2. The molecule has 2 amide bonds. The number of aliphatic hydroxyl groups excluding tert-OH is 1. The summed E-state index contributed by atoms with van der Waals surface area (Å²) in [5.41, 5.74) is 0.928. The molecule has 1 aromatic carbocycles. The van der Waals surface area contributed by atoms with Crippen LogP contribution in [0.4, 0.5) is 0 Å². The molecule has 1 aliphatic carbocycles. The van der Waals surface area contributed by atoms with Gasteiger partial charge in [-0.15, -0.1) is 0 Å².